The van der Waals surface area contributed by atoms with E-state index in [1.807, 2.05) is 0 Å². The molecule has 0 aliphatic carbocycles. The van der Waals surface area contributed by atoms with Crippen molar-refractivity contribution in [2.24, 2.45) is 11.7 Å². The van der Waals surface area contributed by atoms with Crippen molar-refractivity contribution in [1.82, 2.24) is 4.90 Å². The molecule has 0 aromatic carbocycles. The van der Waals surface area contributed by atoms with Crippen molar-refractivity contribution in [2.75, 3.05) is 33.4 Å². The molecular formula is C9H17F3N2O. The third kappa shape index (κ3) is 3.32. The first kappa shape index (κ1) is 12.7. The molecule has 0 radical (unpaired) electrons. The Bertz CT molecular complexity index is 198. The van der Waals surface area contributed by atoms with E-state index in [4.69, 9.17) is 10.5 Å². The lowest BCUT2D eigenvalue weighted by Crippen LogP contribution is -2.49. The van der Waals surface area contributed by atoms with Gasteiger partial charge in [-0.05, 0) is 18.9 Å². The Hall–Kier alpha value is -0.330. The number of methoxy groups -OCH3 is 1. The van der Waals surface area contributed by atoms with Crippen LogP contribution in [0.4, 0.5) is 13.2 Å². The average Bonchev–Trinajstić information content (AvgIpc) is 2.52. The molecule has 0 aromatic heterocycles. The van der Waals surface area contributed by atoms with Crippen molar-refractivity contribution in [3.8, 4) is 0 Å². The van der Waals surface area contributed by atoms with Gasteiger partial charge in [-0.25, -0.2) is 0 Å². The van der Waals surface area contributed by atoms with E-state index in [-0.39, 0.29) is 12.5 Å². The van der Waals surface area contributed by atoms with Gasteiger partial charge in [-0.3, -0.25) is 4.90 Å². The van der Waals surface area contributed by atoms with Crippen LogP contribution in [0.25, 0.3) is 0 Å². The van der Waals surface area contributed by atoms with Gasteiger partial charge in [0.15, 0.2) is 0 Å². The van der Waals surface area contributed by atoms with E-state index in [1.165, 1.54) is 4.90 Å². The molecule has 90 valence electrons. The molecule has 6 heteroatoms. The smallest absolute Gasteiger partial charge is 0.384 e. The zero-order valence-corrected chi connectivity index (χ0v) is 8.76. The Morgan fingerprint density at radius 2 is 2.20 bits per heavy atom. The van der Waals surface area contributed by atoms with Gasteiger partial charge in [0.2, 0.25) is 0 Å². The van der Waals surface area contributed by atoms with Gasteiger partial charge in [0.25, 0.3) is 0 Å². The summed E-state index contributed by atoms with van der Waals surface area (Å²) >= 11 is 0. The Balaban J connectivity index is 2.50. The van der Waals surface area contributed by atoms with Crippen molar-refractivity contribution in [3.63, 3.8) is 0 Å². The summed E-state index contributed by atoms with van der Waals surface area (Å²) < 4.78 is 42.5. The molecule has 1 aliphatic heterocycles. The number of alkyl halides is 3. The molecule has 1 heterocycles. The quantitative estimate of drug-likeness (QED) is 0.772. The summed E-state index contributed by atoms with van der Waals surface area (Å²) in [5, 5.41) is 0. The van der Waals surface area contributed by atoms with Crippen LogP contribution in [-0.4, -0.2) is 50.5 Å². The van der Waals surface area contributed by atoms with Crippen LogP contribution in [0.1, 0.15) is 6.42 Å². The summed E-state index contributed by atoms with van der Waals surface area (Å²) in [5.74, 6) is 0.200. The molecule has 1 rings (SSSR count). The van der Waals surface area contributed by atoms with Crippen LogP contribution >= 0.6 is 0 Å². The summed E-state index contributed by atoms with van der Waals surface area (Å²) in [4.78, 5) is 1.41. The fourth-order valence-electron chi connectivity index (χ4n) is 2.01. The normalized spacial score (nSPS) is 25.8. The van der Waals surface area contributed by atoms with E-state index < -0.39 is 12.2 Å². The highest BCUT2D eigenvalue weighted by atomic mass is 19.4. The van der Waals surface area contributed by atoms with Crippen molar-refractivity contribution < 1.29 is 17.9 Å². The average molecular weight is 226 g/mol. The van der Waals surface area contributed by atoms with E-state index in [1.54, 1.807) is 7.11 Å². The second-order valence-electron chi connectivity index (χ2n) is 3.90. The number of ether oxygens (including phenoxy) is 1. The minimum absolute atomic E-state index is 0.200. The van der Waals surface area contributed by atoms with E-state index in [9.17, 15) is 13.2 Å². The molecule has 0 spiro atoms. The molecule has 0 saturated carbocycles. The van der Waals surface area contributed by atoms with Gasteiger partial charge in [-0.2, -0.15) is 13.2 Å². The second kappa shape index (κ2) is 5.14. The molecule has 0 aromatic rings. The predicted octanol–water partition coefficient (Wildman–Crippen LogP) is 0.844. The van der Waals surface area contributed by atoms with Crippen molar-refractivity contribution in [2.45, 2.75) is 18.6 Å². The minimum Gasteiger partial charge on any atom is -0.384 e. The molecule has 0 bridgehead atoms. The molecule has 2 unspecified atom stereocenters. The lowest BCUT2D eigenvalue weighted by Gasteiger charge is -2.28. The molecule has 1 saturated heterocycles. The number of rotatable bonds is 4. The fourth-order valence-corrected chi connectivity index (χ4v) is 2.01. The Morgan fingerprint density at radius 3 is 2.67 bits per heavy atom. The largest absolute Gasteiger partial charge is 0.405 e. The Morgan fingerprint density at radius 1 is 1.53 bits per heavy atom. The molecule has 2 atom stereocenters. The molecule has 15 heavy (non-hydrogen) atoms. The van der Waals surface area contributed by atoms with Gasteiger partial charge >= 0.3 is 6.18 Å². The van der Waals surface area contributed by atoms with Crippen LogP contribution in [0.3, 0.4) is 0 Å². The SMILES string of the molecule is COCC1CCN(C(CN)C(F)(F)F)C1. The Labute approximate surface area is 87.4 Å². The molecule has 2 N–H and O–H groups in total. The van der Waals surface area contributed by atoms with Gasteiger partial charge < -0.3 is 10.5 Å². The van der Waals surface area contributed by atoms with E-state index in [0.29, 0.717) is 19.7 Å². The van der Waals surface area contributed by atoms with Gasteiger partial charge in [-0.1, -0.05) is 0 Å². The highest BCUT2D eigenvalue weighted by Crippen LogP contribution is 2.28. The van der Waals surface area contributed by atoms with E-state index >= 15 is 0 Å². The number of nitrogens with zero attached hydrogens (tertiary/aromatic N) is 1. The van der Waals surface area contributed by atoms with E-state index in [2.05, 4.69) is 0 Å². The number of likely N-dealkylation sites (tertiary alicyclic amines) is 1. The first-order valence-corrected chi connectivity index (χ1v) is 4.98. The summed E-state index contributed by atoms with van der Waals surface area (Å²) in [7, 11) is 1.56. The maximum absolute atomic E-state index is 12.5. The summed E-state index contributed by atoms with van der Waals surface area (Å²) in [5.41, 5.74) is 5.17. The Kier molecular flexibility index (Phi) is 4.36. The van der Waals surface area contributed by atoms with Crippen molar-refractivity contribution >= 4 is 0 Å². The third-order valence-electron chi connectivity index (χ3n) is 2.76. The van der Waals surface area contributed by atoms with Crippen molar-refractivity contribution in [3.05, 3.63) is 0 Å². The van der Waals surface area contributed by atoms with Crippen LogP contribution in [0.2, 0.25) is 0 Å². The lowest BCUT2D eigenvalue weighted by atomic mass is 10.1. The standard InChI is InChI=1S/C9H17F3N2O/c1-15-6-7-2-3-14(5-7)8(4-13)9(10,11)12/h7-8H,2-6,13H2,1H3. The van der Waals surface area contributed by atoms with Crippen LogP contribution in [-0.2, 0) is 4.74 Å². The highest BCUT2D eigenvalue weighted by molar-refractivity contribution is 4.86. The number of halogens is 3. The highest BCUT2D eigenvalue weighted by Gasteiger charge is 2.44. The fraction of sp³-hybridized carbons (Fsp3) is 1.00. The van der Waals surface area contributed by atoms with Crippen LogP contribution in [0.15, 0.2) is 0 Å². The molecule has 3 nitrogen and oxygen atoms in total. The second-order valence-corrected chi connectivity index (χ2v) is 3.90. The summed E-state index contributed by atoms with van der Waals surface area (Å²) in [6.07, 6.45) is -3.48. The summed E-state index contributed by atoms with van der Waals surface area (Å²) in [6.45, 7) is 1.03. The predicted molar refractivity (Wildman–Crippen MR) is 50.5 cm³/mol. The van der Waals surface area contributed by atoms with Gasteiger partial charge in [-0.15, -0.1) is 0 Å². The van der Waals surface area contributed by atoms with Crippen LogP contribution in [0.5, 0.6) is 0 Å². The number of hydrogen-bond acceptors (Lipinski definition) is 3. The first-order valence-electron chi connectivity index (χ1n) is 4.98. The van der Waals surface area contributed by atoms with Crippen molar-refractivity contribution in [1.29, 1.82) is 0 Å². The van der Waals surface area contributed by atoms with Crippen LogP contribution in [0, 0.1) is 5.92 Å². The van der Waals surface area contributed by atoms with Gasteiger partial charge in [0.05, 0.1) is 6.61 Å². The van der Waals surface area contributed by atoms with Gasteiger partial charge in [0.1, 0.15) is 6.04 Å². The third-order valence-corrected chi connectivity index (χ3v) is 2.76. The maximum atomic E-state index is 12.5. The zero-order valence-electron chi connectivity index (χ0n) is 8.76. The van der Waals surface area contributed by atoms with Gasteiger partial charge in [0, 0.05) is 20.2 Å². The molecule has 1 aliphatic rings. The first-order chi connectivity index (χ1) is 6.99. The summed E-state index contributed by atoms with van der Waals surface area (Å²) in [6, 6.07) is -1.50. The number of hydrogen-bond donors (Lipinski definition) is 1. The molecular weight excluding hydrogens is 209 g/mol. The number of nitrogens with two attached hydrogens (primary N) is 1. The monoisotopic (exact) mass is 226 g/mol. The molecule has 0 amide bonds. The topological polar surface area (TPSA) is 38.5 Å². The van der Waals surface area contributed by atoms with Crippen LogP contribution < -0.4 is 5.73 Å². The minimum atomic E-state index is -4.23. The lowest BCUT2D eigenvalue weighted by molar-refractivity contribution is -0.178. The molecule has 1 fully saturated rings. The maximum Gasteiger partial charge on any atom is 0.405 e. The zero-order chi connectivity index (χ0) is 11.5. The van der Waals surface area contributed by atoms with E-state index in [0.717, 1.165) is 6.42 Å².